The second kappa shape index (κ2) is 11.2. The Morgan fingerprint density at radius 1 is 1.31 bits per heavy atom. The van der Waals surface area contributed by atoms with Crippen LogP contribution >= 0.6 is 23.2 Å². The number of ether oxygens (including phenoxy) is 1. The van der Waals surface area contributed by atoms with Gasteiger partial charge >= 0.3 is 0 Å². The Labute approximate surface area is 196 Å². The molecule has 1 aliphatic heterocycles. The van der Waals surface area contributed by atoms with Crippen molar-refractivity contribution in [2.75, 3.05) is 18.1 Å². The van der Waals surface area contributed by atoms with Gasteiger partial charge in [0, 0.05) is 41.0 Å². The van der Waals surface area contributed by atoms with Crippen molar-refractivity contribution in [1.82, 2.24) is 5.43 Å². The molecule has 0 aliphatic carbocycles. The number of hydrogen-bond donors (Lipinski definition) is 1. The number of nitro benzene ring substituents is 1. The van der Waals surface area contributed by atoms with Crippen LogP contribution in [0.15, 0.2) is 41.5 Å². The number of piperidine rings is 1. The second-order valence-corrected chi connectivity index (χ2v) is 8.25. The van der Waals surface area contributed by atoms with Crippen molar-refractivity contribution in [3.05, 3.63) is 62.1 Å². The van der Waals surface area contributed by atoms with Crippen molar-refractivity contribution >= 4 is 46.7 Å². The molecule has 3 rings (SSSR count). The van der Waals surface area contributed by atoms with Crippen LogP contribution in [0, 0.1) is 10.1 Å². The molecule has 0 unspecified atom stereocenters. The minimum Gasteiger partial charge on any atom is -0.482 e. The molecule has 0 spiro atoms. The van der Waals surface area contributed by atoms with Crippen LogP contribution in [0.2, 0.25) is 10.0 Å². The van der Waals surface area contributed by atoms with E-state index >= 15 is 0 Å². The van der Waals surface area contributed by atoms with E-state index in [2.05, 4.69) is 22.4 Å². The number of halogens is 2. The van der Waals surface area contributed by atoms with Crippen LogP contribution in [0.4, 0.5) is 11.4 Å². The number of hydrogen-bond acceptors (Lipinski definition) is 6. The number of rotatable bonds is 8. The summed E-state index contributed by atoms with van der Waals surface area (Å²) in [4.78, 5) is 25.2. The summed E-state index contributed by atoms with van der Waals surface area (Å²) in [7, 11) is 0. The van der Waals surface area contributed by atoms with E-state index in [9.17, 15) is 14.9 Å². The van der Waals surface area contributed by atoms with Gasteiger partial charge < -0.3 is 9.64 Å². The van der Waals surface area contributed by atoms with Crippen LogP contribution < -0.4 is 15.1 Å². The lowest BCUT2D eigenvalue weighted by Gasteiger charge is -2.38. The number of anilines is 1. The molecule has 0 aromatic heterocycles. The van der Waals surface area contributed by atoms with E-state index in [4.69, 9.17) is 27.9 Å². The highest BCUT2D eigenvalue weighted by Gasteiger charge is 2.24. The number of carbonyl (C=O) groups is 1. The molecule has 170 valence electrons. The lowest BCUT2D eigenvalue weighted by Crippen LogP contribution is -2.39. The molecule has 8 nitrogen and oxygen atoms in total. The molecule has 0 bridgehead atoms. The van der Waals surface area contributed by atoms with E-state index in [0.29, 0.717) is 27.4 Å². The lowest BCUT2D eigenvalue weighted by atomic mass is 9.98. The fraction of sp³-hybridized carbons (Fsp3) is 0.364. The zero-order valence-corrected chi connectivity index (χ0v) is 19.1. The zero-order chi connectivity index (χ0) is 23.1. The first-order chi connectivity index (χ1) is 15.4. The smallest absolute Gasteiger partial charge is 0.277 e. The van der Waals surface area contributed by atoms with Crippen molar-refractivity contribution < 1.29 is 14.5 Å². The summed E-state index contributed by atoms with van der Waals surface area (Å²) in [6.07, 6.45) is 5.71. The van der Waals surface area contributed by atoms with E-state index in [-0.39, 0.29) is 12.3 Å². The quantitative estimate of drug-likeness (QED) is 0.319. The van der Waals surface area contributed by atoms with Crippen LogP contribution in [0.1, 0.15) is 38.2 Å². The number of nitro groups is 1. The summed E-state index contributed by atoms with van der Waals surface area (Å²) < 4.78 is 5.38. The van der Waals surface area contributed by atoms with Crippen LogP contribution in [0.5, 0.6) is 5.75 Å². The Balaban J connectivity index is 1.70. The SMILES string of the molecule is CC[C@@H]1CCCCN1c1ccc([N+](=O)[O-])cc1/C=N\NC(=O)COc1ccc(Cl)cc1Cl. The van der Waals surface area contributed by atoms with Crippen molar-refractivity contribution in [3.8, 4) is 5.75 Å². The number of nitrogens with zero attached hydrogens (tertiary/aromatic N) is 3. The summed E-state index contributed by atoms with van der Waals surface area (Å²) in [6.45, 7) is 2.71. The molecule has 0 saturated carbocycles. The van der Waals surface area contributed by atoms with Gasteiger partial charge in [0.05, 0.1) is 16.2 Å². The van der Waals surface area contributed by atoms with Gasteiger partial charge in [0.2, 0.25) is 0 Å². The number of amides is 1. The first-order valence-corrected chi connectivity index (χ1v) is 11.1. The molecule has 1 N–H and O–H groups in total. The molecule has 1 fully saturated rings. The van der Waals surface area contributed by atoms with Gasteiger partial charge in [-0.2, -0.15) is 5.10 Å². The van der Waals surface area contributed by atoms with Gasteiger partial charge in [0.25, 0.3) is 11.6 Å². The minimum atomic E-state index is -0.497. The number of nitrogens with one attached hydrogen (secondary N) is 1. The highest BCUT2D eigenvalue weighted by atomic mass is 35.5. The molecule has 0 radical (unpaired) electrons. The highest BCUT2D eigenvalue weighted by molar-refractivity contribution is 6.35. The molecule has 32 heavy (non-hydrogen) atoms. The first-order valence-electron chi connectivity index (χ1n) is 10.3. The third-order valence-electron chi connectivity index (χ3n) is 5.28. The topological polar surface area (TPSA) is 97.1 Å². The van der Waals surface area contributed by atoms with Gasteiger partial charge in [-0.1, -0.05) is 30.1 Å². The largest absolute Gasteiger partial charge is 0.482 e. The van der Waals surface area contributed by atoms with E-state index in [1.54, 1.807) is 18.2 Å². The number of carbonyl (C=O) groups excluding carboxylic acids is 1. The summed E-state index contributed by atoms with van der Waals surface area (Å²) in [5.41, 5.74) is 3.79. The molecule has 2 aromatic carbocycles. The van der Waals surface area contributed by atoms with Crippen molar-refractivity contribution in [3.63, 3.8) is 0 Å². The molecular weight excluding hydrogens is 455 g/mol. The molecule has 1 saturated heterocycles. The van der Waals surface area contributed by atoms with E-state index in [1.807, 2.05) is 0 Å². The Hall–Kier alpha value is -2.84. The normalized spacial score (nSPS) is 16.2. The average molecular weight is 479 g/mol. The van der Waals surface area contributed by atoms with Crippen molar-refractivity contribution in [2.45, 2.75) is 38.6 Å². The lowest BCUT2D eigenvalue weighted by molar-refractivity contribution is -0.384. The van der Waals surface area contributed by atoms with Gasteiger partial charge in [-0.25, -0.2) is 5.43 Å². The Bertz CT molecular complexity index is 1020. The van der Waals surface area contributed by atoms with Gasteiger partial charge in [-0.15, -0.1) is 0 Å². The monoisotopic (exact) mass is 478 g/mol. The third kappa shape index (κ3) is 6.11. The summed E-state index contributed by atoms with van der Waals surface area (Å²) in [6, 6.07) is 9.77. The Kier molecular flexibility index (Phi) is 8.30. The van der Waals surface area contributed by atoms with Gasteiger partial charge in [0.15, 0.2) is 6.61 Å². The van der Waals surface area contributed by atoms with Crippen molar-refractivity contribution in [1.29, 1.82) is 0 Å². The maximum Gasteiger partial charge on any atom is 0.277 e. The van der Waals surface area contributed by atoms with E-state index in [0.717, 1.165) is 31.5 Å². The second-order valence-electron chi connectivity index (χ2n) is 7.41. The number of hydrazone groups is 1. The summed E-state index contributed by atoms with van der Waals surface area (Å²) in [5.74, 6) is -0.171. The van der Waals surface area contributed by atoms with Gasteiger partial charge in [-0.05, 0) is 49.9 Å². The maximum atomic E-state index is 12.1. The van der Waals surface area contributed by atoms with Crippen molar-refractivity contribution in [2.24, 2.45) is 5.10 Å². The number of non-ortho nitro benzene ring substituents is 1. The fourth-order valence-electron chi connectivity index (χ4n) is 3.70. The summed E-state index contributed by atoms with van der Waals surface area (Å²) >= 11 is 11.9. The van der Waals surface area contributed by atoms with Gasteiger partial charge in [0.1, 0.15) is 5.75 Å². The maximum absolute atomic E-state index is 12.1. The average Bonchev–Trinajstić information content (AvgIpc) is 2.78. The van der Waals surface area contributed by atoms with Crippen LogP contribution in [-0.2, 0) is 4.79 Å². The molecular formula is C22H24Cl2N4O4. The van der Waals surface area contributed by atoms with Crippen LogP contribution in [0.3, 0.4) is 0 Å². The standard InChI is InChI=1S/C22H24Cl2N4O4/c1-2-17-5-3-4-10-27(17)20-8-7-18(28(30)31)11-15(20)13-25-26-22(29)14-32-21-9-6-16(23)12-19(21)24/h6-9,11-13,17H,2-5,10,14H2,1H3,(H,26,29)/b25-13-/t17-/m1/s1. The minimum absolute atomic E-state index is 0.0349. The predicted molar refractivity (Wildman–Crippen MR) is 126 cm³/mol. The molecule has 1 atom stereocenters. The van der Waals surface area contributed by atoms with Gasteiger partial charge in [-0.3, -0.25) is 14.9 Å². The molecule has 2 aromatic rings. The van der Waals surface area contributed by atoms with Crippen LogP contribution in [-0.4, -0.2) is 36.2 Å². The molecule has 1 heterocycles. The first kappa shape index (κ1) is 23.8. The Morgan fingerprint density at radius 2 is 2.12 bits per heavy atom. The van der Waals surface area contributed by atoms with E-state index < -0.39 is 10.8 Å². The van der Waals surface area contributed by atoms with Crippen LogP contribution in [0.25, 0.3) is 0 Å². The Morgan fingerprint density at radius 3 is 2.84 bits per heavy atom. The fourth-order valence-corrected chi connectivity index (χ4v) is 4.17. The molecule has 1 aliphatic rings. The number of benzene rings is 2. The third-order valence-corrected chi connectivity index (χ3v) is 5.81. The predicted octanol–water partition coefficient (Wildman–Crippen LogP) is 5.20. The molecule has 10 heteroatoms. The zero-order valence-electron chi connectivity index (χ0n) is 17.6. The summed E-state index contributed by atoms with van der Waals surface area (Å²) in [5, 5.41) is 16.0. The highest BCUT2D eigenvalue weighted by Crippen LogP contribution is 2.31. The van der Waals surface area contributed by atoms with E-state index in [1.165, 1.54) is 30.8 Å². The molecule has 1 amide bonds.